The number of rotatable bonds is 4. The maximum absolute atomic E-state index is 12.7. The zero-order valence-corrected chi connectivity index (χ0v) is 15.7. The van der Waals surface area contributed by atoms with Crippen LogP contribution in [0.4, 0.5) is 4.79 Å². The van der Waals surface area contributed by atoms with Gasteiger partial charge in [0.1, 0.15) is 0 Å². The van der Waals surface area contributed by atoms with Crippen molar-refractivity contribution < 1.29 is 9.53 Å². The second-order valence-electron chi connectivity index (χ2n) is 8.29. The lowest BCUT2D eigenvalue weighted by Crippen LogP contribution is -2.57. The van der Waals surface area contributed by atoms with Gasteiger partial charge < -0.3 is 19.9 Å². The molecule has 2 heterocycles. The highest BCUT2D eigenvalue weighted by atomic mass is 16.5. The standard InChI is InChI=1S/C19H35N3O2/c1-4-19(3)14-22(11-12-24-19)18(23)20-15(2)16-7-6-10-21(13-16)17-8-5-9-17/h15-17H,4-14H2,1-3H3,(H,20,23)/t15-,16-,19-/m1/s1. The summed E-state index contributed by atoms with van der Waals surface area (Å²) in [5, 5.41) is 3.28. The molecule has 0 aromatic rings. The van der Waals surface area contributed by atoms with Crippen LogP contribution in [-0.2, 0) is 4.74 Å². The summed E-state index contributed by atoms with van der Waals surface area (Å²) in [4.78, 5) is 17.3. The van der Waals surface area contributed by atoms with Gasteiger partial charge in [0.25, 0.3) is 0 Å². The Morgan fingerprint density at radius 2 is 2.08 bits per heavy atom. The molecule has 2 saturated heterocycles. The summed E-state index contributed by atoms with van der Waals surface area (Å²) in [6.07, 6.45) is 7.58. The highest BCUT2D eigenvalue weighted by Crippen LogP contribution is 2.30. The highest BCUT2D eigenvalue weighted by Gasteiger charge is 2.35. The monoisotopic (exact) mass is 337 g/mol. The van der Waals surface area contributed by atoms with Crippen LogP contribution in [0.1, 0.15) is 59.3 Å². The molecular formula is C19H35N3O2. The van der Waals surface area contributed by atoms with Gasteiger partial charge in [-0.25, -0.2) is 4.79 Å². The second kappa shape index (κ2) is 7.61. The smallest absolute Gasteiger partial charge is 0.317 e. The minimum atomic E-state index is -0.190. The van der Waals surface area contributed by atoms with Crippen LogP contribution in [-0.4, -0.2) is 66.3 Å². The molecule has 3 atom stereocenters. The fourth-order valence-corrected chi connectivity index (χ4v) is 4.25. The zero-order valence-electron chi connectivity index (χ0n) is 15.7. The number of likely N-dealkylation sites (tertiary alicyclic amines) is 1. The third-order valence-electron chi connectivity index (χ3n) is 6.51. The maximum atomic E-state index is 12.7. The molecule has 0 spiro atoms. The van der Waals surface area contributed by atoms with Crippen molar-refractivity contribution in [3.05, 3.63) is 0 Å². The van der Waals surface area contributed by atoms with Crippen LogP contribution in [0, 0.1) is 5.92 Å². The quantitative estimate of drug-likeness (QED) is 0.858. The molecule has 1 saturated carbocycles. The van der Waals surface area contributed by atoms with Gasteiger partial charge in [0, 0.05) is 25.2 Å². The first kappa shape index (κ1) is 18.0. The average molecular weight is 338 g/mol. The Kier molecular flexibility index (Phi) is 5.70. The van der Waals surface area contributed by atoms with Crippen LogP contribution in [0.3, 0.4) is 0 Å². The van der Waals surface area contributed by atoms with Crippen LogP contribution < -0.4 is 5.32 Å². The number of nitrogens with one attached hydrogen (secondary N) is 1. The Balaban J connectivity index is 1.50. The van der Waals surface area contributed by atoms with Crippen molar-refractivity contribution in [2.45, 2.75) is 77.0 Å². The summed E-state index contributed by atoms with van der Waals surface area (Å²) >= 11 is 0. The first-order chi connectivity index (χ1) is 11.5. The lowest BCUT2D eigenvalue weighted by molar-refractivity contribution is -0.0876. The number of carbonyl (C=O) groups is 1. The predicted octanol–water partition coefficient (Wildman–Crippen LogP) is 2.85. The van der Waals surface area contributed by atoms with E-state index in [-0.39, 0.29) is 17.7 Å². The Morgan fingerprint density at radius 1 is 1.29 bits per heavy atom. The molecule has 0 aromatic carbocycles. The molecule has 3 rings (SSSR count). The van der Waals surface area contributed by atoms with Crippen LogP contribution in [0.25, 0.3) is 0 Å². The van der Waals surface area contributed by atoms with E-state index in [2.05, 4.69) is 31.0 Å². The Hall–Kier alpha value is -0.810. The molecular weight excluding hydrogens is 302 g/mol. The number of piperidine rings is 1. The summed E-state index contributed by atoms with van der Waals surface area (Å²) in [7, 11) is 0. The van der Waals surface area contributed by atoms with E-state index in [1.165, 1.54) is 38.6 Å². The number of hydrogen-bond acceptors (Lipinski definition) is 3. The van der Waals surface area contributed by atoms with Crippen LogP contribution in [0.2, 0.25) is 0 Å². The minimum Gasteiger partial charge on any atom is -0.372 e. The van der Waals surface area contributed by atoms with Gasteiger partial charge in [-0.1, -0.05) is 13.3 Å². The first-order valence-electron chi connectivity index (χ1n) is 9.94. The first-order valence-corrected chi connectivity index (χ1v) is 9.94. The van der Waals surface area contributed by atoms with E-state index in [9.17, 15) is 4.79 Å². The van der Waals surface area contributed by atoms with Crippen LogP contribution in [0.5, 0.6) is 0 Å². The largest absolute Gasteiger partial charge is 0.372 e. The van der Waals surface area contributed by atoms with E-state index in [0.717, 1.165) is 19.0 Å². The van der Waals surface area contributed by atoms with E-state index in [1.807, 2.05) is 4.90 Å². The summed E-state index contributed by atoms with van der Waals surface area (Å²) in [5.41, 5.74) is -0.190. The lowest BCUT2D eigenvalue weighted by Gasteiger charge is -2.44. The molecule has 5 nitrogen and oxygen atoms in total. The van der Waals surface area contributed by atoms with E-state index in [0.29, 0.717) is 25.6 Å². The summed E-state index contributed by atoms with van der Waals surface area (Å²) in [6, 6.07) is 1.16. The zero-order chi connectivity index (χ0) is 17.2. The molecule has 0 unspecified atom stereocenters. The van der Waals surface area contributed by atoms with Crippen molar-refractivity contribution in [3.8, 4) is 0 Å². The highest BCUT2D eigenvalue weighted by molar-refractivity contribution is 5.74. The number of urea groups is 1. The number of morpholine rings is 1. The Labute approximate surface area is 147 Å². The number of carbonyl (C=O) groups excluding carboxylic acids is 1. The molecule has 0 bridgehead atoms. The third-order valence-corrected chi connectivity index (χ3v) is 6.51. The van der Waals surface area contributed by atoms with E-state index < -0.39 is 0 Å². The molecule has 3 aliphatic rings. The van der Waals surface area contributed by atoms with Gasteiger partial charge in [-0.3, -0.25) is 0 Å². The fraction of sp³-hybridized carbons (Fsp3) is 0.947. The molecule has 0 aromatic heterocycles. The van der Waals surface area contributed by atoms with Gasteiger partial charge in [-0.15, -0.1) is 0 Å². The summed E-state index contributed by atoms with van der Waals surface area (Å²) < 4.78 is 5.85. The Morgan fingerprint density at radius 3 is 2.75 bits per heavy atom. The Bertz CT molecular complexity index is 440. The summed E-state index contributed by atoms with van der Waals surface area (Å²) in [6.45, 7) is 10.9. The molecule has 1 aliphatic carbocycles. The van der Waals surface area contributed by atoms with Crippen molar-refractivity contribution in [1.29, 1.82) is 0 Å². The van der Waals surface area contributed by atoms with Crippen molar-refractivity contribution in [2.24, 2.45) is 5.92 Å². The average Bonchev–Trinajstić information content (AvgIpc) is 2.53. The number of amides is 2. The normalized spacial score (nSPS) is 33.8. The molecule has 138 valence electrons. The lowest BCUT2D eigenvalue weighted by atomic mass is 9.85. The van der Waals surface area contributed by atoms with Gasteiger partial charge in [0.15, 0.2) is 0 Å². The minimum absolute atomic E-state index is 0.0891. The fourth-order valence-electron chi connectivity index (χ4n) is 4.25. The van der Waals surface area contributed by atoms with Crippen molar-refractivity contribution in [2.75, 3.05) is 32.8 Å². The number of hydrogen-bond donors (Lipinski definition) is 1. The van der Waals surface area contributed by atoms with Gasteiger partial charge >= 0.3 is 6.03 Å². The molecule has 2 amide bonds. The molecule has 5 heteroatoms. The second-order valence-corrected chi connectivity index (χ2v) is 8.29. The SMILES string of the molecule is CC[C@]1(C)CN(C(=O)N[C@H](C)[C@@H]2CCCN(C3CCC3)C2)CCO1. The third kappa shape index (κ3) is 4.05. The van der Waals surface area contributed by atoms with Gasteiger partial charge in [0.2, 0.25) is 0 Å². The van der Waals surface area contributed by atoms with Crippen LogP contribution >= 0.6 is 0 Å². The molecule has 3 fully saturated rings. The van der Waals surface area contributed by atoms with E-state index in [1.54, 1.807) is 0 Å². The molecule has 2 aliphatic heterocycles. The molecule has 24 heavy (non-hydrogen) atoms. The van der Waals surface area contributed by atoms with Gasteiger partial charge in [-0.2, -0.15) is 0 Å². The van der Waals surface area contributed by atoms with Crippen molar-refractivity contribution in [1.82, 2.24) is 15.1 Å². The van der Waals surface area contributed by atoms with E-state index in [4.69, 9.17) is 4.74 Å². The van der Waals surface area contributed by atoms with Crippen LogP contribution in [0.15, 0.2) is 0 Å². The predicted molar refractivity (Wildman–Crippen MR) is 96.2 cm³/mol. The number of ether oxygens (including phenoxy) is 1. The van der Waals surface area contributed by atoms with Gasteiger partial charge in [0.05, 0.1) is 18.8 Å². The molecule has 0 radical (unpaired) electrons. The van der Waals surface area contributed by atoms with Crippen molar-refractivity contribution >= 4 is 6.03 Å². The topological polar surface area (TPSA) is 44.8 Å². The van der Waals surface area contributed by atoms with Crippen molar-refractivity contribution in [3.63, 3.8) is 0 Å². The maximum Gasteiger partial charge on any atom is 0.317 e. The van der Waals surface area contributed by atoms with E-state index >= 15 is 0 Å². The molecule has 1 N–H and O–H groups in total. The summed E-state index contributed by atoms with van der Waals surface area (Å²) in [5.74, 6) is 0.585. The number of nitrogens with zero attached hydrogens (tertiary/aromatic N) is 2. The van der Waals surface area contributed by atoms with Gasteiger partial charge in [-0.05, 0) is 58.4 Å².